The van der Waals surface area contributed by atoms with Gasteiger partial charge in [0, 0.05) is 25.0 Å². The summed E-state index contributed by atoms with van der Waals surface area (Å²) in [6.45, 7) is 12.7. The molecule has 0 amide bonds. The van der Waals surface area contributed by atoms with Crippen LogP contribution in [0.3, 0.4) is 0 Å². The van der Waals surface area contributed by atoms with Crippen LogP contribution < -0.4 is 10.6 Å². The molecule has 3 N–H and O–H groups in total. The summed E-state index contributed by atoms with van der Waals surface area (Å²) in [6, 6.07) is 0.413. The van der Waals surface area contributed by atoms with Crippen LogP contribution in [0.15, 0.2) is 4.99 Å². The molecule has 1 fully saturated rings. The summed E-state index contributed by atoms with van der Waals surface area (Å²) in [4.78, 5) is 4.66. The average molecular weight is 297 g/mol. The number of hydrogen-bond acceptors (Lipinski definition) is 2. The first-order valence-corrected chi connectivity index (χ1v) is 8.54. The van der Waals surface area contributed by atoms with Gasteiger partial charge in [-0.1, -0.05) is 27.2 Å². The van der Waals surface area contributed by atoms with Crippen molar-refractivity contribution in [3.05, 3.63) is 0 Å². The van der Waals surface area contributed by atoms with E-state index in [0.717, 1.165) is 44.7 Å². The Hall–Kier alpha value is -0.770. The Labute approximate surface area is 130 Å². The standard InChI is InChI=1S/C17H35N3O/c1-6-18-16(19-12-14-8-7-9-15(14)21)20-13(2)10-11-17(3,4)5/h13-15,21H,6-12H2,1-5H3,(H2,18,19,20). The first-order chi connectivity index (χ1) is 9.81. The van der Waals surface area contributed by atoms with Gasteiger partial charge in [-0.15, -0.1) is 0 Å². The Kier molecular flexibility index (Phi) is 7.50. The van der Waals surface area contributed by atoms with E-state index in [4.69, 9.17) is 0 Å². The predicted molar refractivity (Wildman–Crippen MR) is 90.6 cm³/mol. The lowest BCUT2D eigenvalue weighted by Gasteiger charge is -2.23. The van der Waals surface area contributed by atoms with Crippen LogP contribution in [-0.4, -0.2) is 36.3 Å². The second-order valence-corrected chi connectivity index (χ2v) is 7.62. The molecule has 3 atom stereocenters. The van der Waals surface area contributed by atoms with E-state index in [-0.39, 0.29) is 6.10 Å². The van der Waals surface area contributed by atoms with Gasteiger partial charge in [-0.25, -0.2) is 0 Å². The van der Waals surface area contributed by atoms with Crippen LogP contribution in [-0.2, 0) is 0 Å². The fraction of sp³-hybridized carbons (Fsp3) is 0.941. The third kappa shape index (κ3) is 7.70. The van der Waals surface area contributed by atoms with Crippen molar-refractivity contribution in [2.45, 2.75) is 78.9 Å². The van der Waals surface area contributed by atoms with Crippen LogP contribution in [0.1, 0.15) is 66.7 Å². The summed E-state index contributed by atoms with van der Waals surface area (Å²) in [5.41, 5.74) is 0.374. The zero-order valence-corrected chi connectivity index (χ0v) is 14.6. The quantitative estimate of drug-likeness (QED) is 0.522. The number of aliphatic hydroxyl groups excluding tert-OH is 1. The molecule has 0 aromatic carbocycles. The molecule has 0 radical (unpaired) electrons. The first-order valence-electron chi connectivity index (χ1n) is 8.54. The Morgan fingerprint density at radius 1 is 1.33 bits per heavy atom. The number of guanidine groups is 1. The fourth-order valence-electron chi connectivity index (χ4n) is 2.71. The summed E-state index contributed by atoms with van der Waals surface area (Å²) < 4.78 is 0. The Morgan fingerprint density at radius 2 is 2.05 bits per heavy atom. The van der Waals surface area contributed by atoms with Gasteiger partial charge in [-0.3, -0.25) is 4.99 Å². The minimum absolute atomic E-state index is 0.157. The van der Waals surface area contributed by atoms with Crippen LogP contribution in [0.4, 0.5) is 0 Å². The van der Waals surface area contributed by atoms with E-state index in [0.29, 0.717) is 17.4 Å². The van der Waals surface area contributed by atoms with Crippen LogP contribution in [0.2, 0.25) is 0 Å². The molecule has 1 aliphatic carbocycles. The van der Waals surface area contributed by atoms with Crippen LogP contribution >= 0.6 is 0 Å². The van der Waals surface area contributed by atoms with E-state index in [9.17, 15) is 5.11 Å². The molecule has 0 aromatic rings. The molecular weight excluding hydrogens is 262 g/mol. The molecule has 4 heteroatoms. The Bertz CT molecular complexity index is 322. The first kappa shape index (κ1) is 18.3. The topological polar surface area (TPSA) is 56.7 Å². The minimum Gasteiger partial charge on any atom is -0.393 e. The highest BCUT2D eigenvalue weighted by molar-refractivity contribution is 5.80. The molecule has 124 valence electrons. The molecule has 0 spiro atoms. The number of hydrogen-bond donors (Lipinski definition) is 3. The summed E-state index contributed by atoms with van der Waals surface area (Å²) >= 11 is 0. The van der Waals surface area contributed by atoms with Crippen molar-refractivity contribution in [3.63, 3.8) is 0 Å². The van der Waals surface area contributed by atoms with Crippen LogP contribution in [0, 0.1) is 11.3 Å². The van der Waals surface area contributed by atoms with E-state index in [2.05, 4.69) is 50.2 Å². The number of aliphatic hydroxyl groups is 1. The van der Waals surface area contributed by atoms with Gasteiger partial charge in [0.25, 0.3) is 0 Å². The van der Waals surface area contributed by atoms with Crippen LogP contribution in [0.25, 0.3) is 0 Å². The maximum Gasteiger partial charge on any atom is 0.191 e. The van der Waals surface area contributed by atoms with Crippen molar-refractivity contribution in [2.75, 3.05) is 13.1 Å². The van der Waals surface area contributed by atoms with Crippen molar-refractivity contribution < 1.29 is 5.11 Å². The van der Waals surface area contributed by atoms with E-state index >= 15 is 0 Å². The van der Waals surface area contributed by atoms with Gasteiger partial charge >= 0.3 is 0 Å². The molecule has 1 aliphatic rings. The molecule has 3 unspecified atom stereocenters. The van der Waals surface area contributed by atoms with Crippen molar-refractivity contribution in [2.24, 2.45) is 16.3 Å². The fourth-order valence-corrected chi connectivity index (χ4v) is 2.71. The smallest absolute Gasteiger partial charge is 0.191 e. The third-order valence-corrected chi connectivity index (χ3v) is 4.16. The summed E-state index contributed by atoms with van der Waals surface area (Å²) in [5.74, 6) is 1.23. The van der Waals surface area contributed by atoms with Crippen LogP contribution in [0.5, 0.6) is 0 Å². The van der Waals surface area contributed by atoms with Crippen molar-refractivity contribution >= 4 is 5.96 Å². The molecule has 1 rings (SSSR count). The number of nitrogens with one attached hydrogen (secondary N) is 2. The van der Waals surface area contributed by atoms with Gasteiger partial charge in [0.2, 0.25) is 0 Å². The van der Waals surface area contributed by atoms with E-state index in [1.165, 1.54) is 6.42 Å². The Balaban J connectivity index is 2.44. The van der Waals surface area contributed by atoms with Crippen molar-refractivity contribution in [3.8, 4) is 0 Å². The van der Waals surface area contributed by atoms with Gasteiger partial charge in [0.05, 0.1) is 6.10 Å². The lowest BCUT2D eigenvalue weighted by molar-refractivity contribution is 0.136. The molecule has 0 bridgehead atoms. The monoisotopic (exact) mass is 297 g/mol. The Morgan fingerprint density at radius 3 is 2.57 bits per heavy atom. The maximum absolute atomic E-state index is 9.88. The molecule has 0 heterocycles. The maximum atomic E-state index is 9.88. The normalized spacial score (nSPS) is 25.0. The SMILES string of the molecule is CCNC(=NCC1CCCC1O)NC(C)CCC(C)(C)C. The third-order valence-electron chi connectivity index (χ3n) is 4.16. The van der Waals surface area contributed by atoms with E-state index < -0.39 is 0 Å². The largest absolute Gasteiger partial charge is 0.393 e. The van der Waals surface area contributed by atoms with E-state index in [1.54, 1.807) is 0 Å². The summed E-state index contributed by atoms with van der Waals surface area (Å²) in [7, 11) is 0. The number of aliphatic imine (C=N–C) groups is 1. The summed E-state index contributed by atoms with van der Waals surface area (Å²) in [5, 5.41) is 16.7. The minimum atomic E-state index is -0.157. The summed E-state index contributed by atoms with van der Waals surface area (Å²) in [6.07, 6.45) is 5.35. The van der Waals surface area contributed by atoms with Gasteiger partial charge in [-0.05, 0) is 44.9 Å². The van der Waals surface area contributed by atoms with Gasteiger partial charge < -0.3 is 15.7 Å². The number of nitrogens with zero attached hydrogens (tertiary/aromatic N) is 1. The van der Waals surface area contributed by atoms with Gasteiger partial charge in [0.1, 0.15) is 0 Å². The second kappa shape index (κ2) is 8.62. The predicted octanol–water partition coefficient (Wildman–Crippen LogP) is 2.92. The highest BCUT2D eigenvalue weighted by atomic mass is 16.3. The van der Waals surface area contributed by atoms with Gasteiger partial charge in [-0.2, -0.15) is 0 Å². The zero-order chi connectivity index (χ0) is 15.9. The lowest BCUT2D eigenvalue weighted by atomic mass is 9.89. The molecule has 1 saturated carbocycles. The zero-order valence-electron chi connectivity index (χ0n) is 14.6. The molecule has 21 heavy (non-hydrogen) atoms. The molecule has 0 aromatic heterocycles. The number of rotatable bonds is 6. The van der Waals surface area contributed by atoms with Crippen molar-refractivity contribution in [1.82, 2.24) is 10.6 Å². The lowest BCUT2D eigenvalue weighted by Crippen LogP contribution is -2.43. The highest BCUT2D eigenvalue weighted by Gasteiger charge is 2.24. The molecule has 4 nitrogen and oxygen atoms in total. The van der Waals surface area contributed by atoms with Gasteiger partial charge in [0.15, 0.2) is 5.96 Å². The van der Waals surface area contributed by atoms with Crippen molar-refractivity contribution in [1.29, 1.82) is 0 Å². The molecular formula is C17H35N3O. The highest BCUT2D eigenvalue weighted by Crippen LogP contribution is 2.25. The average Bonchev–Trinajstić information content (AvgIpc) is 2.79. The molecule has 0 saturated heterocycles. The molecule has 0 aliphatic heterocycles. The second-order valence-electron chi connectivity index (χ2n) is 7.62. The van der Waals surface area contributed by atoms with E-state index in [1.807, 2.05) is 0 Å².